The van der Waals surface area contributed by atoms with Crippen LogP contribution >= 0.6 is 12.4 Å². The molecule has 1 fully saturated rings. The van der Waals surface area contributed by atoms with Crippen molar-refractivity contribution in [3.8, 4) is 17.0 Å². The van der Waals surface area contributed by atoms with E-state index < -0.39 is 0 Å². The van der Waals surface area contributed by atoms with Gasteiger partial charge in [0.05, 0.1) is 24.0 Å². The molecule has 0 N–H and O–H groups in total. The zero-order valence-electron chi connectivity index (χ0n) is 15.6. The maximum absolute atomic E-state index is 6.10. The number of rotatable bonds is 3. The molecule has 1 saturated heterocycles. The number of benzene rings is 1. The number of pyridine rings is 1. The minimum Gasteiger partial charge on any atom is -0.497 e. The van der Waals surface area contributed by atoms with Crippen LogP contribution in [0.5, 0.6) is 5.75 Å². The van der Waals surface area contributed by atoms with E-state index in [0.717, 1.165) is 28.0 Å². The Morgan fingerprint density at radius 3 is 2.24 bits per heavy atom. The molecule has 0 aliphatic carbocycles. The van der Waals surface area contributed by atoms with Crippen LogP contribution in [-0.4, -0.2) is 30.4 Å². The minimum absolute atomic E-state index is 0. The first-order valence-corrected chi connectivity index (χ1v) is 8.20. The van der Waals surface area contributed by atoms with Gasteiger partial charge in [0.25, 0.3) is 0 Å². The van der Waals surface area contributed by atoms with Gasteiger partial charge < -0.3 is 14.0 Å². The third-order valence-corrected chi connectivity index (χ3v) is 4.97. The molecule has 134 valence electrons. The number of halogens is 1. The van der Waals surface area contributed by atoms with Crippen molar-refractivity contribution >= 4 is 25.0 Å². The van der Waals surface area contributed by atoms with Crippen LogP contribution in [-0.2, 0) is 9.31 Å². The molecule has 25 heavy (non-hydrogen) atoms. The van der Waals surface area contributed by atoms with Gasteiger partial charge in [-0.1, -0.05) is 18.2 Å². The van der Waals surface area contributed by atoms with Gasteiger partial charge in [0.1, 0.15) is 5.75 Å². The lowest BCUT2D eigenvalue weighted by Gasteiger charge is -2.32. The smallest absolute Gasteiger partial charge is 0.496 e. The van der Waals surface area contributed by atoms with E-state index in [9.17, 15) is 0 Å². The molecule has 2 heterocycles. The predicted octanol–water partition coefficient (Wildman–Crippen LogP) is 3.79. The molecule has 1 aromatic heterocycles. The number of nitrogens with zero attached hydrogens (tertiary/aromatic N) is 1. The van der Waals surface area contributed by atoms with Crippen LogP contribution in [0.15, 0.2) is 36.5 Å². The van der Waals surface area contributed by atoms with Crippen molar-refractivity contribution < 1.29 is 14.0 Å². The van der Waals surface area contributed by atoms with E-state index in [1.807, 2.05) is 30.5 Å². The summed E-state index contributed by atoms with van der Waals surface area (Å²) in [5.74, 6) is 0.823. The second kappa shape index (κ2) is 6.98. The van der Waals surface area contributed by atoms with Crippen molar-refractivity contribution in [3.05, 3.63) is 42.1 Å². The van der Waals surface area contributed by atoms with Crippen LogP contribution in [0.1, 0.15) is 33.3 Å². The summed E-state index contributed by atoms with van der Waals surface area (Å²) in [6.45, 7) is 10.3. The van der Waals surface area contributed by atoms with Gasteiger partial charge in [-0.05, 0) is 52.3 Å². The van der Waals surface area contributed by atoms with Crippen LogP contribution in [0.25, 0.3) is 11.3 Å². The SMILES string of the molecule is COc1cccc(-c2ncc(B3OC(C)(C)C(C)(C)O3)cc2C)c1.Cl. The average molecular weight is 362 g/mol. The fraction of sp³-hybridized carbons (Fsp3) is 0.421. The Kier molecular flexibility index (Phi) is 5.52. The van der Waals surface area contributed by atoms with Crippen LogP contribution < -0.4 is 10.2 Å². The summed E-state index contributed by atoms with van der Waals surface area (Å²) < 4.78 is 17.5. The Hall–Kier alpha value is -1.56. The maximum atomic E-state index is 6.10. The molecular weight excluding hydrogens is 336 g/mol. The summed E-state index contributed by atoms with van der Waals surface area (Å²) in [6, 6.07) is 10.0. The molecule has 1 aliphatic heterocycles. The van der Waals surface area contributed by atoms with Crippen LogP contribution in [0, 0.1) is 6.92 Å². The number of ether oxygens (including phenoxy) is 1. The van der Waals surface area contributed by atoms with E-state index in [2.05, 4.69) is 45.7 Å². The van der Waals surface area contributed by atoms with Crippen LogP contribution in [0.3, 0.4) is 0 Å². The first-order valence-electron chi connectivity index (χ1n) is 8.20. The summed E-state index contributed by atoms with van der Waals surface area (Å²) in [6.07, 6.45) is 1.84. The van der Waals surface area contributed by atoms with Crippen molar-refractivity contribution in [2.24, 2.45) is 0 Å². The monoisotopic (exact) mass is 361 g/mol. The van der Waals surface area contributed by atoms with Gasteiger partial charge in [0.15, 0.2) is 0 Å². The zero-order chi connectivity index (χ0) is 17.5. The Morgan fingerprint density at radius 2 is 1.68 bits per heavy atom. The highest BCUT2D eigenvalue weighted by molar-refractivity contribution is 6.62. The fourth-order valence-corrected chi connectivity index (χ4v) is 2.78. The highest BCUT2D eigenvalue weighted by Crippen LogP contribution is 2.36. The third-order valence-electron chi connectivity index (χ3n) is 4.97. The third kappa shape index (κ3) is 3.69. The van der Waals surface area contributed by atoms with Crippen molar-refractivity contribution in [1.29, 1.82) is 0 Å². The minimum atomic E-state index is -0.388. The molecule has 1 aliphatic rings. The molecule has 6 heteroatoms. The Morgan fingerprint density at radius 1 is 1.04 bits per heavy atom. The molecule has 0 saturated carbocycles. The van der Waals surface area contributed by atoms with Crippen molar-refractivity contribution in [1.82, 2.24) is 4.98 Å². The van der Waals surface area contributed by atoms with Gasteiger partial charge in [0.2, 0.25) is 0 Å². The normalized spacial score (nSPS) is 17.9. The first kappa shape index (κ1) is 19.8. The zero-order valence-corrected chi connectivity index (χ0v) is 16.4. The predicted molar refractivity (Wildman–Crippen MR) is 104 cm³/mol. The van der Waals surface area contributed by atoms with E-state index in [1.165, 1.54) is 0 Å². The van der Waals surface area contributed by atoms with Crippen LogP contribution in [0.2, 0.25) is 0 Å². The number of hydrogen-bond acceptors (Lipinski definition) is 4. The number of hydrogen-bond donors (Lipinski definition) is 0. The second-order valence-corrected chi connectivity index (χ2v) is 7.25. The molecule has 2 aromatic rings. The quantitative estimate of drug-likeness (QED) is 0.780. The standard InChI is InChI=1S/C19H24BNO3.ClH/c1-13-10-15(20-23-18(2,3)19(4,5)24-20)12-21-17(13)14-8-7-9-16(11-14)22-6;/h7-12H,1-6H3;1H. The summed E-state index contributed by atoms with van der Waals surface area (Å²) >= 11 is 0. The van der Waals surface area contributed by atoms with E-state index in [4.69, 9.17) is 14.0 Å². The number of aromatic nitrogens is 1. The van der Waals surface area contributed by atoms with Crippen molar-refractivity contribution in [2.75, 3.05) is 7.11 Å². The van der Waals surface area contributed by atoms with Crippen LogP contribution in [0.4, 0.5) is 0 Å². The van der Waals surface area contributed by atoms with E-state index in [-0.39, 0.29) is 30.7 Å². The molecule has 0 spiro atoms. The molecule has 0 unspecified atom stereocenters. The van der Waals surface area contributed by atoms with Gasteiger partial charge in [-0.3, -0.25) is 4.98 Å². The Labute approximate surface area is 156 Å². The second-order valence-electron chi connectivity index (χ2n) is 7.25. The topological polar surface area (TPSA) is 40.6 Å². The molecule has 0 radical (unpaired) electrons. The summed E-state index contributed by atoms with van der Waals surface area (Å²) in [5.41, 5.74) is 3.29. The Balaban J connectivity index is 0.00000225. The highest BCUT2D eigenvalue weighted by atomic mass is 35.5. The molecule has 0 amide bonds. The fourth-order valence-electron chi connectivity index (χ4n) is 2.78. The largest absolute Gasteiger partial charge is 0.497 e. The molecule has 4 nitrogen and oxygen atoms in total. The molecule has 3 rings (SSSR count). The van der Waals surface area contributed by atoms with Crippen molar-refractivity contribution in [3.63, 3.8) is 0 Å². The summed E-state index contributed by atoms with van der Waals surface area (Å²) in [4.78, 5) is 4.65. The molecule has 0 atom stereocenters. The maximum Gasteiger partial charge on any atom is 0.496 e. The van der Waals surface area contributed by atoms with Gasteiger partial charge in [0, 0.05) is 17.2 Å². The van der Waals surface area contributed by atoms with E-state index >= 15 is 0 Å². The lowest BCUT2D eigenvalue weighted by atomic mass is 9.79. The lowest BCUT2D eigenvalue weighted by Crippen LogP contribution is -2.41. The van der Waals surface area contributed by atoms with Gasteiger partial charge in [-0.15, -0.1) is 12.4 Å². The van der Waals surface area contributed by atoms with E-state index in [0.29, 0.717) is 0 Å². The average Bonchev–Trinajstić information content (AvgIpc) is 2.75. The van der Waals surface area contributed by atoms with Gasteiger partial charge in [-0.25, -0.2) is 0 Å². The van der Waals surface area contributed by atoms with Gasteiger partial charge >= 0.3 is 7.12 Å². The summed E-state index contributed by atoms with van der Waals surface area (Å²) in [5, 5.41) is 0. The lowest BCUT2D eigenvalue weighted by molar-refractivity contribution is 0.00578. The van der Waals surface area contributed by atoms with Gasteiger partial charge in [-0.2, -0.15) is 0 Å². The number of methoxy groups -OCH3 is 1. The van der Waals surface area contributed by atoms with E-state index in [1.54, 1.807) is 7.11 Å². The first-order chi connectivity index (χ1) is 11.2. The molecule has 1 aromatic carbocycles. The Bertz CT molecular complexity index is 748. The van der Waals surface area contributed by atoms with Crippen molar-refractivity contribution in [2.45, 2.75) is 45.8 Å². The number of aryl methyl sites for hydroxylation is 1. The summed E-state index contributed by atoms with van der Waals surface area (Å²) in [7, 11) is 1.28. The molecular formula is C19H25BClNO3. The molecule has 0 bridgehead atoms. The highest BCUT2D eigenvalue weighted by Gasteiger charge is 2.51.